The van der Waals surface area contributed by atoms with Crippen LogP contribution in [0.25, 0.3) is 0 Å². The summed E-state index contributed by atoms with van der Waals surface area (Å²) in [6.07, 6.45) is -3.98. The Morgan fingerprint density at radius 3 is 2.33 bits per heavy atom. The van der Waals surface area contributed by atoms with Crippen LogP contribution < -0.4 is 15.9 Å². The minimum absolute atomic E-state index is 0.185. The van der Waals surface area contributed by atoms with Crippen molar-refractivity contribution in [3.8, 4) is 5.75 Å². The molecule has 20 heteroatoms. The molecule has 172 valence electrons. The highest BCUT2D eigenvalue weighted by atomic mass is 31.3. The van der Waals surface area contributed by atoms with E-state index in [0.29, 0.717) is 10.8 Å². The second-order valence-corrected chi connectivity index (χ2v) is 10.3. The van der Waals surface area contributed by atoms with Gasteiger partial charge in [-0.25, -0.2) is 18.5 Å². The number of anilines is 1. The van der Waals surface area contributed by atoms with E-state index < -0.39 is 65.3 Å². The van der Waals surface area contributed by atoms with Crippen molar-refractivity contribution in [1.82, 2.24) is 9.55 Å². The summed E-state index contributed by atoms with van der Waals surface area (Å²) < 4.78 is 51.5. The molecule has 1 fully saturated rings. The largest absolute Gasteiger partial charge is 0.536 e. The first-order chi connectivity index (χ1) is 13.5. The number of nitrogens with zero attached hydrogens (tertiary/aromatic N) is 2. The SMILES string of the molecule is CC(O)[C@H]1O[C@@H](n2cc(OP(=O)(O)OP(=O)(O)OP(=O)(O)O)c(N)nc2=O)C[C@@H]1O. The minimum Gasteiger partial charge on any atom is -0.398 e. The third kappa shape index (κ3) is 6.65. The van der Waals surface area contributed by atoms with Gasteiger partial charge in [0.05, 0.1) is 18.4 Å². The maximum absolute atomic E-state index is 12.1. The summed E-state index contributed by atoms with van der Waals surface area (Å²) in [6, 6.07) is 0. The smallest absolute Gasteiger partial charge is 0.398 e. The predicted octanol–water partition coefficient (Wildman–Crippen LogP) is -1.44. The number of nitrogens with two attached hydrogens (primary N) is 1. The molecule has 0 aliphatic carbocycles. The van der Waals surface area contributed by atoms with Gasteiger partial charge in [0.1, 0.15) is 12.3 Å². The summed E-state index contributed by atoms with van der Waals surface area (Å²) in [5.74, 6) is -1.58. The van der Waals surface area contributed by atoms with Crippen LogP contribution >= 0.6 is 23.5 Å². The van der Waals surface area contributed by atoms with Crippen LogP contribution in [0, 0.1) is 0 Å². The number of nitrogen functional groups attached to an aromatic ring is 1. The number of phosphoric acid groups is 3. The summed E-state index contributed by atoms with van der Waals surface area (Å²) in [5.41, 5.74) is 4.38. The lowest BCUT2D eigenvalue weighted by Crippen LogP contribution is -2.32. The summed E-state index contributed by atoms with van der Waals surface area (Å²) in [5, 5.41) is 19.5. The van der Waals surface area contributed by atoms with Gasteiger partial charge < -0.3 is 39.9 Å². The first-order valence-corrected chi connectivity index (χ1v) is 12.3. The van der Waals surface area contributed by atoms with E-state index >= 15 is 0 Å². The van der Waals surface area contributed by atoms with Crippen LogP contribution in [0.3, 0.4) is 0 Å². The Labute approximate surface area is 167 Å². The lowest BCUT2D eigenvalue weighted by molar-refractivity contribution is -0.0771. The van der Waals surface area contributed by atoms with Crippen molar-refractivity contribution in [1.29, 1.82) is 0 Å². The molecular weight excluding hydrogens is 479 g/mol. The Morgan fingerprint density at radius 2 is 1.83 bits per heavy atom. The zero-order valence-corrected chi connectivity index (χ0v) is 17.5. The molecule has 0 bridgehead atoms. The second-order valence-electron chi connectivity index (χ2n) is 5.96. The molecule has 3 unspecified atom stereocenters. The van der Waals surface area contributed by atoms with Crippen LogP contribution in [0.5, 0.6) is 5.75 Å². The van der Waals surface area contributed by atoms with Crippen LogP contribution in [0.1, 0.15) is 19.6 Å². The minimum atomic E-state index is -5.77. The van der Waals surface area contributed by atoms with E-state index in [1.54, 1.807) is 0 Å². The van der Waals surface area contributed by atoms with E-state index in [1.165, 1.54) is 6.92 Å². The van der Waals surface area contributed by atoms with Gasteiger partial charge in [0.2, 0.25) is 0 Å². The topological polar surface area (TPSA) is 270 Å². The predicted molar refractivity (Wildman–Crippen MR) is 93.6 cm³/mol. The van der Waals surface area contributed by atoms with E-state index in [4.69, 9.17) is 25.2 Å². The summed E-state index contributed by atoms with van der Waals surface area (Å²) in [7, 11) is -17.0. The maximum atomic E-state index is 12.1. The number of rotatable bonds is 8. The number of hydrogen-bond donors (Lipinski definition) is 7. The average molecular weight is 497 g/mol. The van der Waals surface area contributed by atoms with Gasteiger partial charge in [0.25, 0.3) is 0 Å². The van der Waals surface area contributed by atoms with Crippen LogP contribution in [0.2, 0.25) is 0 Å². The first kappa shape index (κ1) is 25.1. The Hall–Kier alpha value is -1.19. The van der Waals surface area contributed by atoms with Crippen LogP contribution in [0.4, 0.5) is 5.82 Å². The van der Waals surface area contributed by atoms with Gasteiger partial charge in [-0.15, -0.1) is 0 Å². The molecule has 2 heterocycles. The number of aromatic nitrogens is 2. The monoisotopic (exact) mass is 497 g/mol. The molecular formula is C10H18N3O14P3. The van der Waals surface area contributed by atoms with Crippen LogP contribution in [-0.4, -0.2) is 57.6 Å². The van der Waals surface area contributed by atoms with Gasteiger partial charge in [-0.2, -0.15) is 13.6 Å². The Bertz CT molecular complexity index is 990. The fraction of sp³-hybridized carbons (Fsp3) is 0.600. The molecule has 0 spiro atoms. The van der Waals surface area contributed by atoms with Gasteiger partial charge in [-0.1, -0.05) is 0 Å². The molecule has 8 N–H and O–H groups in total. The molecule has 2 rings (SSSR count). The fourth-order valence-electron chi connectivity index (χ4n) is 2.44. The zero-order valence-electron chi connectivity index (χ0n) is 14.9. The van der Waals surface area contributed by atoms with Gasteiger partial charge in [0.15, 0.2) is 11.6 Å². The van der Waals surface area contributed by atoms with Crippen molar-refractivity contribution in [2.24, 2.45) is 0 Å². The third-order valence-electron chi connectivity index (χ3n) is 3.50. The highest BCUT2D eigenvalue weighted by molar-refractivity contribution is 7.66. The van der Waals surface area contributed by atoms with E-state index in [9.17, 15) is 33.6 Å². The van der Waals surface area contributed by atoms with Gasteiger partial charge in [0, 0.05) is 6.42 Å². The van der Waals surface area contributed by atoms with E-state index in [-0.39, 0.29) is 6.42 Å². The van der Waals surface area contributed by atoms with Crippen molar-refractivity contribution in [3.63, 3.8) is 0 Å². The second kappa shape index (κ2) is 8.74. The Morgan fingerprint density at radius 1 is 1.23 bits per heavy atom. The number of phosphoric ester groups is 1. The van der Waals surface area contributed by atoms with Gasteiger partial charge in [-0.05, 0) is 6.92 Å². The van der Waals surface area contributed by atoms with Crippen molar-refractivity contribution in [3.05, 3.63) is 16.7 Å². The molecule has 30 heavy (non-hydrogen) atoms. The average Bonchev–Trinajstić information content (AvgIpc) is 2.87. The number of aliphatic hydroxyl groups excluding tert-OH is 2. The first-order valence-electron chi connectivity index (χ1n) is 7.73. The van der Waals surface area contributed by atoms with Crippen molar-refractivity contribution in [2.75, 3.05) is 5.73 Å². The van der Waals surface area contributed by atoms with Crippen molar-refractivity contribution >= 4 is 29.3 Å². The molecule has 17 nitrogen and oxygen atoms in total. The van der Waals surface area contributed by atoms with Crippen LogP contribution in [-0.2, 0) is 27.1 Å². The molecule has 0 amide bonds. The summed E-state index contributed by atoms with van der Waals surface area (Å²) in [6.45, 7) is 1.33. The highest BCUT2D eigenvalue weighted by Gasteiger charge is 2.42. The quantitative estimate of drug-likeness (QED) is 0.203. The number of hydrogen-bond acceptors (Lipinski definition) is 12. The van der Waals surface area contributed by atoms with Gasteiger partial charge in [-0.3, -0.25) is 9.46 Å². The van der Waals surface area contributed by atoms with Crippen molar-refractivity contribution in [2.45, 2.75) is 37.9 Å². The number of ether oxygens (including phenoxy) is 1. The van der Waals surface area contributed by atoms with E-state index in [2.05, 4.69) is 18.1 Å². The van der Waals surface area contributed by atoms with Crippen LogP contribution in [0.15, 0.2) is 11.0 Å². The third-order valence-corrected chi connectivity index (χ3v) is 7.25. The fourth-order valence-corrected chi connectivity index (χ4v) is 5.47. The van der Waals surface area contributed by atoms with Gasteiger partial charge >= 0.3 is 29.2 Å². The Kier molecular flexibility index (Phi) is 7.31. The Balaban J connectivity index is 2.28. The molecule has 1 saturated heterocycles. The molecule has 0 saturated carbocycles. The summed E-state index contributed by atoms with van der Waals surface area (Å²) >= 11 is 0. The molecule has 1 aromatic rings. The summed E-state index contributed by atoms with van der Waals surface area (Å²) in [4.78, 5) is 51.1. The molecule has 1 aliphatic heterocycles. The van der Waals surface area contributed by atoms with Crippen molar-refractivity contribution < 1.29 is 61.4 Å². The molecule has 0 radical (unpaired) electrons. The number of aliphatic hydroxyl groups is 2. The maximum Gasteiger partial charge on any atom is 0.536 e. The van der Waals surface area contributed by atoms with E-state index in [0.717, 1.165) is 0 Å². The molecule has 1 aromatic heterocycles. The lowest BCUT2D eigenvalue weighted by Gasteiger charge is -2.20. The molecule has 1 aliphatic rings. The molecule has 6 atom stereocenters. The normalized spacial score (nSPS) is 27.2. The highest BCUT2D eigenvalue weighted by Crippen LogP contribution is 2.66. The zero-order chi connectivity index (χ0) is 23.1. The molecule has 0 aromatic carbocycles. The van der Waals surface area contributed by atoms with E-state index in [1.807, 2.05) is 0 Å². The lowest BCUT2D eigenvalue weighted by atomic mass is 10.1. The standard InChI is InChI=1S/C10H18N3O14P3/c1-4(14)8-5(15)2-7(24-8)13-3-6(9(11)12-10(13)16)25-29(20,21)27-30(22,23)26-28(17,18)19/h3-5,7-8,14-15H,2H2,1H3,(H,20,21)(H,22,23)(H2,11,12,16)(H2,17,18,19)/t4?,5-,7+,8+/m0/s1.